The van der Waals surface area contributed by atoms with Crippen LogP contribution in [-0.2, 0) is 6.54 Å². The van der Waals surface area contributed by atoms with E-state index in [1.165, 1.54) is 11.1 Å². The molecule has 0 unspecified atom stereocenters. The van der Waals surface area contributed by atoms with Gasteiger partial charge in [-0.3, -0.25) is 5.10 Å². The van der Waals surface area contributed by atoms with Gasteiger partial charge in [-0.05, 0) is 19.9 Å². The highest BCUT2D eigenvalue weighted by Gasteiger charge is 2.20. The number of hydrogen-bond acceptors (Lipinski definition) is 3. The number of H-pyrrole nitrogens is 1. The van der Waals surface area contributed by atoms with Crippen LogP contribution in [0.2, 0.25) is 0 Å². The predicted octanol–water partition coefficient (Wildman–Crippen LogP) is 2.64. The molecule has 1 aromatic carbocycles. The largest absolute Gasteiger partial charge is 0.493 e. The van der Waals surface area contributed by atoms with Gasteiger partial charge in [-0.1, -0.05) is 18.2 Å². The average Bonchev–Trinajstić information content (AvgIpc) is 2.76. The van der Waals surface area contributed by atoms with Crippen molar-refractivity contribution in [1.82, 2.24) is 15.5 Å². The van der Waals surface area contributed by atoms with Crippen LogP contribution in [0.3, 0.4) is 0 Å². The molecule has 1 aromatic heterocycles. The number of aromatic amines is 1. The van der Waals surface area contributed by atoms with E-state index >= 15 is 0 Å². The van der Waals surface area contributed by atoms with Crippen molar-refractivity contribution >= 4 is 0 Å². The first-order chi connectivity index (χ1) is 9.25. The summed E-state index contributed by atoms with van der Waals surface area (Å²) in [6.07, 6.45) is 1.01. The summed E-state index contributed by atoms with van der Waals surface area (Å²) in [5.74, 6) is 1.01. The summed E-state index contributed by atoms with van der Waals surface area (Å²) in [5.41, 5.74) is 4.74. The molecule has 2 N–H and O–H groups in total. The molecule has 0 spiro atoms. The SMILES string of the molecule is Cc1n[nH]c(C)c1CN[C@H]1CCOc2ccccc21. The van der Waals surface area contributed by atoms with Crippen LogP contribution in [0.25, 0.3) is 0 Å². The molecular weight excluding hydrogens is 238 g/mol. The standard InChI is InChI=1S/C15H19N3O/c1-10-13(11(2)18-17-10)9-16-14-7-8-19-15-6-4-3-5-12(14)15/h3-6,14,16H,7-9H2,1-2H3,(H,17,18)/t14-/m0/s1. The minimum absolute atomic E-state index is 0.360. The van der Waals surface area contributed by atoms with E-state index in [2.05, 4.69) is 34.6 Å². The summed E-state index contributed by atoms with van der Waals surface area (Å²) in [5, 5.41) is 10.9. The Morgan fingerprint density at radius 1 is 1.37 bits per heavy atom. The Labute approximate surface area is 113 Å². The molecule has 0 fully saturated rings. The number of para-hydroxylation sites is 1. The second-order valence-corrected chi connectivity index (χ2v) is 5.02. The molecule has 4 nitrogen and oxygen atoms in total. The first-order valence-electron chi connectivity index (χ1n) is 6.71. The zero-order valence-corrected chi connectivity index (χ0v) is 11.4. The fourth-order valence-electron chi connectivity index (χ4n) is 2.61. The second kappa shape index (κ2) is 5.05. The zero-order valence-electron chi connectivity index (χ0n) is 11.4. The lowest BCUT2D eigenvalue weighted by atomic mass is 10.00. The number of fused-ring (bicyclic) bond motifs is 1. The number of hydrogen-bond donors (Lipinski definition) is 2. The van der Waals surface area contributed by atoms with Crippen molar-refractivity contribution in [2.75, 3.05) is 6.61 Å². The number of nitrogens with zero attached hydrogens (tertiary/aromatic N) is 1. The molecule has 2 heterocycles. The van der Waals surface area contributed by atoms with Crippen LogP contribution in [0, 0.1) is 13.8 Å². The monoisotopic (exact) mass is 257 g/mol. The first-order valence-corrected chi connectivity index (χ1v) is 6.71. The molecule has 3 rings (SSSR count). The maximum Gasteiger partial charge on any atom is 0.124 e. The van der Waals surface area contributed by atoms with Gasteiger partial charge >= 0.3 is 0 Å². The molecule has 0 bridgehead atoms. The van der Waals surface area contributed by atoms with E-state index in [0.29, 0.717) is 6.04 Å². The van der Waals surface area contributed by atoms with Crippen molar-refractivity contribution in [2.24, 2.45) is 0 Å². The number of aromatic nitrogens is 2. The summed E-state index contributed by atoms with van der Waals surface area (Å²) in [6.45, 7) is 5.72. The van der Waals surface area contributed by atoms with Gasteiger partial charge in [0.15, 0.2) is 0 Å². The van der Waals surface area contributed by atoms with Gasteiger partial charge in [0.1, 0.15) is 5.75 Å². The summed E-state index contributed by atoms with van der Waals surface area (Å²) < 4.78 is 5.68. The zero-order chi connectivity index (χ0) is 13.2. The quantitative estimate of drug-likeness (QED) is 0.888. The normalized spacial score (nSPS) is 17.9. The number of benzene rings is 1. The van der Waals surface area contributed by atoms with Crippen LogP contribution in [-0.4, -0.2) is 16.8 Å². The summed E-state index contributed by atoms with van der Waals surface area (Å²) in [6, 6.07) is 8.62. The van der Waals surface area contributed by atoms with E-state index < -0.39 is 0 Å². The van der Waals surface area contributed by atoms with E-state index in [1.54, 1.807) is 0 Å². The van der Waals surface area contributed by atoms with E-state index in [0.717, 1.165) is 36.7 Å². The van der Waals surface area contributed by atoms with Crippen molar-refractivity contribution in [1.29, 1.82) is 0 Å². The maximum atomic E-state index is 5.68. The van der Waals surface area contributed by atoms with Crippen molar-refractivity contribution in [3.63, 3.8) is 0 Å². The van der Waals surface area contributed by atoms with Crippen LogP contribution >= 0.6 is 0 Å². The van der Waals surface area contributed by atoms with Gasteiger partial charge in [-0.15, -0.1) is 0 Å². The predicted molar refractivity (Wildman–Crippen MR) is 74.2 cm³/mol. The third kappa shape index (κ3) is 2.36. The summed E-state index contributed by atoms with van der Waals surface area (Å²) in [4.78, 5) is 0. The van der Waals surface area contributed by atoms with E-state index in [1.807, 2.05) is 19.1 Å². The molecule has 0 saturated heterocycles. The van der Waals surface area contributed by atoms with E-state index in [-0.39, 0.29) is 0 Å². The molecular formula is C15H19N3O. The Hall–Kier alpha value is -1.81. The summed E-state index contributed by atoms with van der Waals surface area (Å²) >= 11 is 0. The fraction of sp³-hybridized carbons (Fsp3) is 0.400. The number of ether oxygens (including phenoxy) is 1. The maximum absolute atomic E-state index is 5.68. The molecule has 100 valence electrons. The van der Waals surface area contributed by atoms with Gasteiger partial charge < -0.3 is 10.1 Å². The minimum atomic E-state index is 0.360. The van der Waals surface area contributed by atoms with Crippen LogP contribution in [0.15, 0.2) is 24.3 Å². The van der Waals surface area contributed by atoms with Gasteiger partial charge in [0.05, 0.1) is 12.3 Å². The molecule has 4 heteroatoms. The van der Waals surface area contributed by atoms with Crippen LogP contribution in [0.1, 0.15) is 35.0 Å². The Kier molecular flexibility index (Phi) is 3.25. The lowest BCUT2D eigenvalue weighted by Crippen LogP contribution is -2.27. The smallest absolute Gasteiger partial charge is 0.124 e. The van der Waals surface area contributed by atoms with Crippen molar-refractivity contribution < 1.29 is 4.74 Å². The molecule has 2 aromatic rings. The van der Waals surface area contributed by atoms with Crippen LogP contribution < -0.4 is 10.1 Å². The molecule has 0 radical (unpaired) electrons. The fourth-order valence-corrected chi connectivity index (χ4v) is 2.61. The minimum Gasteiger partial charge on any atom is -0.493 e. The first kappa shape index (κ1) is 12.2. The van der Waals surface area contributed by atoms with Gasteiger partial charge in [-0.25, -0.2) is 0 Å². The van der Waals surface area contributed by atoms with E-state index in [9.17, 15) is 0 Å². The molecule has 19 heavy (non-hydrogen) atoms. The molecule has 0 amide bonds. The van der Waals surface area contributed by atoms with Crippen LogP contribution in [0.5, 0.6) is 5.75 Å². The van der Waals surface area contributed by atoms with Gasteiger partial charge in [0.2, 0.25) is 0 Å². The molecule has 0 aliphatic carbocycles. The number of nitrogens with one attached hydrogen (secondary N) is 2. The van der Waals surface area contributed by atoms with Gasteiger partial charge in [-0.2, -0.15) is 5.10 Å². The Bertz CT molecular complexity index is 557. The third-order valence-electron chi connectivity index (χ3n) is 3.76. The molecule has 0 saturated carbocycles. The topological polar surface area (TPSA) is 49.9 Å². The Balaban J connectivity index is 1.75. The molecule has 1 aliphatic heterocycles. The lowest BCUT2D eigenvalue weighted by molar-refractivity contribution is 0.252. The Morgan fingerprint density at radius 3 is 3.00 bits per heavy atom. The lowest BCUT2D eigenvalue weighted by Gasteiger charge is -2.26. The second-order valence-electron chi connectivity index (χ2n) is 5.02. The van der Waals surface area contributed by atoms with Crippen molar-refractivity contribution in [3.05, 3.63) is 46.8 Å². The molecule has 1 aliphatic rings. The molecule has 1 atom stereocenters. The highest BCUT2D eigenvalue weighted by atomic mass is 16.5. The number of aryl methyl sites for hydroxylation is 2. The van der Waals surface area contributed by atoms with Crippen LogP contribution in [0.4, 0.5) is 0 Å². The van der Waals surface area contributed by atoms with Crippen molar-refractivity contribution in [3.8, 4) is 5.75 Å². The number of rotatable bonds is 3. The Morgan fingerprint density at radius 2 is 2.21 bits per heavy atom. The summed E-state index contributed by atoms with van der Waals surface area (Å²) in [7, 11) is 0. The highest BCUT2D eigenvalue weighted by molar-refractivity contribution is 5.37. The van der Waals surface area contributed by atoms with Crippen molar-refractivity contribution in [2.45, 2.75) is 32.9 Å². The van der Waals surface area contributed by atoms with Gasteiger partial charge in [0.25, 0.3) is 0 Å². The average molecular weight is 257 g/mol. The highest BCUT2D eigenvalue weighted by Crippen LogP contribution is 2.31. The van der Waals surface area contributed by atoms with E-state index in [4.69, 9.17) is 4.74 Å². The van der Waals surface area contributed by atoms with Gasteiger partial charge in [0, 0.05) is 35.8 Å². The third-order valence-corrected chi connectivity index (χ3v) is 3.76.